The van der Waals surface area contributed by atoms with Crippen LogP contribution in [-0.2, 0) is 23.0 Å². The molecule has 0 aliphatic carbocycles. The van der Waals surface area contributed by atoms with Crippen molar-refractivity contribution in [3.05, 3.63) is 52.6 Å². The van der Waals surface area contributed by atoms with Crippen LogP contribution in [0.2, 0.25) is 0 Å². The molecule has 3 rings (SSSR count). The van der Waals surface area contributed by atoms with E-state index < -0.39 is 15.9 Å². The largest absolute Gasteiger partial charge is 0.494 e. The minimum atomic E-state index is -3.90. The number of hydrogen-bond donors (Lipinski definition) is 2. The topological polar surface area (TPSA) is 108 Å². The van der Waals surface area contributed by atoms with Gasteiger partial charge in [-0.15, -0.1) is 0 Å². The quantitative estimate of drug-likeness (QED) is 0.768. The number of nitrogens with two attached hydrogens (primary N) is 1. The number of fused-ring (bicyclic) bond motifs is 1. The third-order valence-electron chi connectivity index (χ3n) is 4.58. The lowest BCUT2D eigenvalue weighted by molar-refractivity contribution is 0.0950. The summed E-state index contributed by atoms with van der Waals surface area (Å²) >= 11 is 0. The second kappa shape index (κ2) is 7.81. The van der Waals surface area contributed by atoms with Crippen molar-refractivity contribution in [1.29, 1.82) is 0 Å². The Bertz CT molecular complexity index is 1020. The molecule has 1 atom stereocenters. The van der Waals surface area contributed by atoms with Crippen LogP contribution in [0.4, 0.5) is 0 Å². The summed E-state index contributed by atoms with van der Waals surface area (Å²) in [6.07, 6.45) is 0.931. The fourth-order valence-corrected chi connectivity index (χ4v) is 4.04. The number of carbonyl (C=O) groups excluding carboxylic acids is 1. The van der Waals surface area contributed by atoms with Crippen molar-refractivity contribution < 1.29 is 22.7 Å². The number of carbonyl (C=O) groups is 1. The highest BCUT2D eigenvalue weighted by Crippen LogP contribution is 2.35. The Kier molecular flexibility index (Phi) is 5.62. The molecule has 7 nitrogen and oxygen atoms in total. The van der Waals surface area contributed by atoms with Crippen molar-refractivity contribution in [3.63, 3.8) is 0 Å². The van der Waals surface area contributed by atoms with Gasteiger partial charge in [-0.25, -0.2) is 13.6 Å². The van der Waals surface area contributed by atoms with Crippen molar-refractivity contribution in [2.45, 2.75) is 44.7 Å². The lowest BCUT2D eigenvalue weighted by atomic mass is 10.1. The van der Waals surface area contributed by atoms with Gasteiger partial charge >= 0.3 is 0 Å². The van der Waals surface area contributed by atoms with Gasteiger partial charge in [0, 0.05) is 29.7 Å². The van der Waals surface area contributed by atoms with E-state index in [9.17, 15) is 13.2 Å². The molecule has 0 bridgehead atoms. The molecule has 2 aromatic rings. The van der Waals surface area contributed by atoms with E-state index in [1.807, 2.05) is 26.0 Å². The molecular formula is C20H24N2O5S. The molecule has 0 spiro atoms. The van der Waals surface area contributed by atoms with Gasteiger partial charge < -0.3 is 14.8 Å². The van der Waals surface area contributed by atoms with Gasteiger partial charge in [0.1, 0.15) is 17.6 Å². The highest BCUT2D eigenvalue weighted by atomic mass is 32.2. The Balaban J connectivity index is 1.81. The first-order valence-electron chi connectivity index (χ1n) is 9.06. The maximum absolute atomic E-state index is 12.5. The second-order valence-electron chi connectivity index (χ2n) is 6.84. The molecule has 28 heavy (non-hydrogen) atoms. The van der Waals surface area contributed by atoms with E-state index in [2.05, 4.69) is 5.32 Å². The molecule has 1 heterocycles. The molecule has 1 amide bonds. The van der Waals surface area contributed by atoms with E-state index in [-0.39, 0.29) is 23.1 Å². The summed E-state index contributed by atoms with van der Waals surface area (Å²) in [4.78, 5) is 12.5. The Labute approximate surface area is 164 Å². The lowest BCUT2D eigenvalue weighted by Crippen LogP contribution is -2.24. The number of benzene rings is 2. The van der Waals surface area contributed by atoms with E-state index in [4.69, 9.17) is 14.6 Å². The van der Waals surface area contributed by atoms with Crippen molar-refractivity contribution >= 4 is 15.9 Å². The molecule has 1 aliphatic heterocycles. The molecule has 0 fully saturated rings. The van der Waals surface area contributed by atoms with Crippen LogP contribution in [-0.4, -0.2) is 27.0 Å². The zero-order chi connectivity index (χ0) is 20.5. The van der Waals surface area contributed by atoms with Crippen molar-refractivity contribution in [1.82, 2.24) is 5.32 Å². The Morgan fingerprint density at radius 1 is 1.32 bits per heavy atom. The molecule has 0 radical (unpaired) electrons. The Hall–Kier alpha value is -2.58. The van der Waals surface area contributed by atoms with Crippen LogP contribution >= 0.6 is 0 Å². The van der Waals surface area contributed by atoms with Crippen molar-refractivity contribution in [3.8, 4) is 11.5 Å². The van der Waals surface area contributed by atoms with Crippen molar-refractivity contribution in [2.24, 2.45) is 5.14 Å². The first-order chi connectivity index (χ1) is 13.2. The van der Waals surface area contributed by atoms with Crippen LogP contribution in [0.15, 0.2) is 35.2 Å². The van der Waals surface area contributed by atoms with Crippen LogP contribution in [0.3, 0.4) is 0 Å². The molecule has 8 heteroatoms. The Morgan fingerprint density at radius 3 is 2.75 bits per heavy atom. The molecule has 150 valence electrons. The van der Waals surface area contributed by atoms with Crippen LogP contribution < -0.4 is 19.9 Å². The molecule has 2 aromatic carbocycles. The number of aryl methyl sites for hydroxylation is 1. The van der Waals surface area contributed by atoms with E-state index in [1.54, 1.807) is 19.1 Å². The SMILES string of the molecule is CCOc1cc2c(cc1CNC(=O)c1ccc(C)c(S(N)(=O)=O)c1)O[C@@H](C)C2. The number of amides is 1. The predicted octanol–water partition coefficient (Wildman–Crippen LogP) is 2.29. The normalized spacial score (nSPS) is 15.6. The standard InChI is InChI=1S/C20H24N2O5S/c1-4-26-17-8-15-7-13(3)27-18(15)9-16(17)11-22-20(23)14-6-5-12(2)19(10-14)28(21,24)25/h5-6,8-10,13H,4,7,11H2,1-3H3,(H,22,23)(H2,21,24,25)/t13-/m0/s1. The number of rotatable bonds is 6. The van der Waals surface area contributed by atoms with Gasteiger partial charge in [0.25, 0.3) is 5.91 Å². The molecule has 3 N–H and O–H groups in total. The molecule has 0 saturated heterocycles. The van der Waals surface area contributed by atoms with E-state index >= 15 is 0 Å². The van der Waals surface area contributed by atoms with Crippen LogP contribution in [0, 0.1) is 6.92 Å². The number of ether oxygens (including phenoxy) is 2. The van der Waals surface area contributed by atoms with E-state index in [0.717, 1.165) is 23.3 Å². The molecule has 0 unspecified atom stereocenters. The Morgan fingerprint density at radius 2 is 2.07 bits per heavy atom. The fraction of sp³-hybridized carbons (Fsp3) is 0.350. The zero-order valence-electron chi connectivity index (χ0n) is 16.1. The fourth-order valence-electron chi connectivity index (χ4n) is 3.23. The number of primary sulfonamides is 1. The highest BCUT2D eigenvalue weighted by molar-refractivity contribution is 7.89. The summed E-state index contributed by atoms with van der Waals surface area (Å²) in [6, 6.07) is 8.25. The lowest BCUT2D eigenvalue weighted by Gasteiger charge is -2.14. The number of sulfonamides is 1. The van der Waals surface area contributed by atoms with Gasteiger partial charge in [-0.1, -0.05) is 6.07 Å². The summed E-state index contributed by atoms with van der Waals surface area (Å²) < 4.78 is 34.9. The number of nitrogens with one attached hydrogen (secondary N) is 1. The van der Waals surface area contributed by atoms with Gasteiger partial charge in [0.2, 0.25) is 10.0 Å². The first kappa shape index (κ1) is 20.2. The molecule has 0 saturated carbocycles. The minimum absolute atomic E-state index is 0.0601. The van der Waals surface area contributed by atoms with Crippen LogP contribution in [0.25, 0.3) is 0 Å². The highest BCUT2D eigenvalue weighted by Gasteiger charge is 2.22. The summed E-state index contributed by atoms with van der Waals surface area (Å²) in [6.45, 7) is 6.25. The summed E-state index contributed by atoms with van der Waals surface area (Å²) in [5.74, 6) is 1.10. The third kappa shape index (κ3) is 4.28. The maximum Gasteiger partial charge on any atom is 0.251 e. The summed E-state index contributed by atoms with van der Waals surface area (Å²) in [5, 5.41) is 8.02. The summed E-state index contributed by atoms with van der Waals surface area (Å²) in [5.41, 5.74) is 2.59. The summed E-state index contributed by atoms with van der Waals surface area (Å²) in [7, 11) is -3.90. The number of hydrogen-bond acceptors (Lipinski definition) is 5. The monoisotopic (exact) mass is 404 g/mol. The predicted molar refractivity (Wildman–Crippen MR) is 105 cm³/mol. The maximum atomic E-state index is 12.5. The van der Waals surface area contributed by atoms with Gasteiger partial charge in [-0.05, 0) is 50.6 Å². The molecular weight excluding hydrogens is 380 g/mol. The third-order valence-corrected chi connectivity index (χ3v) is 5.63. The van der Waals surface area contributed by atoms with Crippen molar-refractivity contribution in [2.75, 3.05) is 6.61 Å². The second-order valence-corrected chi connectivity index (χ2v) is 8.37. The van der Waals surface area contributed by atoms with Gasteiger partial charge in [0.15, 0.2) is 0 Å². The smallest absolute Gasteiger partial charge is 0.251 e. The zero-order valence-corrected chi connectivity index (χ0v) is 16.9. The van der Waals surface area contributed by atoms with Gasteiger partial charge in [-0.2, -0.15) is 0 Å². The average Bonchev–Trinajstić information content (AvgIpc) is 2.98. The van der Waals surface area contributed by atoms with Crippen LogP contribution in [0.1, 0.15) is 40.9 Å². The van der Waals surface area contributed by atoms with Gasteiger partial charge in [0.05, 0.1) is 11.5 Å². The first-order valence-corrected chi connectivity index (χ1v) is 10.6. The van der Waals surface area contributed by atoms with Crippen LogP contribution in [0.5, 0.6) is 11.5 Å². The molecule has 1 aliphatic rings. The minimum Gasteiger partial charge on any atom is -0.494 e. The van der Waals surface area contributed by atoms with Gasteiger partial charge in [-0.3, -0.25) is 4.79 Å². The molecule has 0 aromatic heterocycles. The van der Waals surface area contributed by atoms with E-state index in [0.29, 0.717) is 17.9 Å². The van der Waals surface area contributed by atoms with E-state index in [1.165, 1.54) is 6.07 Å². The average molecular weight is 404 g/mol.